The van der Waals surface area contributed by atoms with Gasteiger partial charge in [-0.15, -0.1) is 0 Å². The Hall–Kier alpha value is -4.46. The molecule has 0 radical (unpaired) electrons. The van der Waals surface area contributed by atoms with Gasteiger partial charge in [0.25, 0.3) is 5.91 Å². The summed E-state index contributed by atoms with van der Waals surface area (Å²) in [6.07, 6.45) is 1.40. The average Bonchev–Trinajstić information content (AvgIpc) is 2.82. The summed E-state index contributed by atoms with van der Waals surface area (Å²) in [4.78, 5) is 35.8. The number of nitrogens with one attached hydrogen (secondary N) is 3. The lowest BCUT2D eigenvalue weighted by Crippen LogP contribution is -2.37. The molecule has 174 valence electrons. The van der Waals surface area contributed by atoms with E-state index in [1.54, 1.807) is 24.3 Å². The van der Waals surface area contributed by atoms with E-state index in [-0.39, 0.29) is 19.1 Å². The summed E-state index contributed by atoms with van der Waals surface area (Å²) >= 11 is 0. The minimum absolute atomic E-state index is 0.130. The molecule has 0 aromatic heterocycles. The fraction of sp³-hybridized carbons (Fsp3) is 0.154. The van der Waals surface area contributed by atoms with Gasteiger partial charge in [-0.1, -0.05) is 36.4 Å². The van der Waals surface area contributed by atoms with Crippen LogP contribution in [0.1, 0.15) is 22.3 Å². The summed E-state index contributed by atoms with van der Waals surface area (Å²) in [6, 6.07) is 21.9. The van der Waals surface area contributed by atoms with Gasteiger partial charge in [-0.25, -0.2) is 5.43 Å². The van der Waals surface area contributed by atoms with Crippen LogP contribution >= 0.6 is 0 Å². The molecular formula is C26H26N4O4. The molecule has 0 aliphatic rings. The second-order valence-electron chi connectivity index (χ2n) is 7.65. The standard InChI is InChI=1S/C26H26N4O4/c1-18-12-19(2)14-22(13-18)29-24(31)17-34-23-10-8-21(9-11-23)16-28-30-26(33)25(32)27-15-20-6-4-3-5-7-20/h3-14,16H,15,17H2,1-2H3,(H,27,32)(H,29,31)(H,30,33)/b28-16-. The molecule has 0 bridgehead atoms. The molecule has 8 heteroatoms. The van der Waals surface area contributed by atoms with Crippen molar-refractivity contribution in [1.29, 1.82) is 0 Å². The molecule has 34 heavy (non-hydrogen) atoms. The molecule has 0 saturated carbocycles. The van der Waals surface area contributed by atoms with Crippen LogP contribution in [0.15, 0.2) is 77.9 Å². The van der Waals surface area contributed by atoms with Crippen LogP contribution in [-0.2, 0) is 20.9 Å². The van der Waals surface area contributed by atoms with Gasteiger partial charge in [-0.2, -0.15) is 5.10 Å². The third-order valence-corrected chi connectivity index (χ3v) is 4.64. The zero-order chi connectivity index (χ0) is 24.3. The number of amides is 3. The van der Waals surface area contributed by atoms with Crippen LogP contribution in [0, 0.1) is 13.8 Å². The molecular weight excluding hydrogens is 432 g/mol. The molecule has 0 heterocycles. The van der Waals surface area contributed by atoms with E-state index in [0.717, 1.165) is 22.4 Å². The second kappa shape index (κ2) is 12.0. The van der Waals surface area contributed by atoms with Crippen molar-refractivity contribution >= 4 is 29.6 Å². The first-order chi connectivity index (χ1) is 16.4. The molecule has 0 aliphatic heterocycles. The Bertz CT molecular complexity index is 1150. The minimum Gasteiger partial charge on any atom is -0.484 e. The van der Waals surface area contributed by atoms with Crippen molar-refractivity contribution in [3.05, 3.63) is 95.1 Å². The summed E-state index contributed by atoms with van der Waals surface area (Å²) < 4.78 is 5.51. The van der Waals surface area contributed by atoms with Crippen molar-refractivity contribution in [1.82, 2.24) is 10.7 Å². The average molecular weight is 459 g/mol. The Kier molecular flexibility index (Phi) is 8.51. The normalized spacial score (nSPS) is 10.5. The molecule has 3 aromatic rings. The van der Waals surface area contributed by atoms with Gasteiger partial charge in [-0.3, -0.25) is 14.4 Å². The van der Waals surface area contributed by atoms with Crippen molar-refractivity contribution in [3.63, 3.8) is 0 Å². The minimum atomic E-state index is -0.859. The highest BCUT2D eigenvalue weighted by molar-refractivity contribution is 6.35. The van der Waals surface area contributed by atoms with E-state index in [2.05, 4.69) is 21.2 Å². The summed E-state index contributed by atoms with van der Waals surface area (Å²) in [5.41, 5.74) is 6.62. The zero-order valence-electron chi connectivity index (χ0n) is 19.0. The second-order valence-corrected chi connectivity index (χ2v) is 7.65. The fourth-order valence-electron chi connectivity index (χ4n) is 3.12. The van der Waals surface area contributed by atoms with E-state index in [1.807, 2.05) is 62.4 Å². The fourth-order valence-corrected chi connectivity index (χ4v) is 3.12. The molecule has 0 saturated heterocycles. The highest BCUT2D eigenvalue weighted by atomic mass is 16.5. The third-order valence-electron chi connectivity index (χ3n) is 4.64. The predicted octanol–water partition coefficient (Wildman–Crippen LogP) is 3.09. The van der Waals surface area contributed by atoms with Crippen LogP contribution in [0.2, 0.25) is 0 Å². The number of carbonyl (C=O) groups excluding carboxylic acids is 3. The van der Waals surface area contributed by atoms with Crippen LogP contribution in [0.4, 0.5) is 5.69 Å². The van der Waals surface area contributed by atoms with E-state index < -0.39 is 11.8 Å². The topological polar surface area (TPSA) is 109 Å². The predicted molar refractivity (Wildman–Crippen MR) is 131 cm³/mol. The maximum absolute atomic E-state index is 12.1. The highest BCUT2D eigenvalue weighted by Crippen LogP contribution is 2.14. The van der Waals surface area contributed by atoms with E-state index in [9.17, 15) is 14.4 Å². The molecule has 3 N–H and O–H groups in total. The van der Waals surface area contributed by atoms with Crippen molar-refractivity contribution in [3.8, 4) is 5.75 Å². The van der Waals surface area contributed by atoms with Gasteiger partial charge in [-0.05, 0) is 72.5 Å². The summed E-state index contributed by atoms with van der Waals surface area (Å²) in [5, 5.41) is 9.13. The summed E-state index contributed by atoms with van der Waals surface area (Å²) in [5.74, 6) is -1.38. The van der Waals surface area contributed by atoms with Gasteiger partial charge in [0.05, 0.1) is 6.21 Å². The number of nitrogens with zero attached hydrogens (tertiary/aromatic N) is 1. The van der Waals surface area contributed by atoms with Crippen molar-refractivity contribution < 1.29 is 19.1 Å². The highest BCUT2D eigenvalue weighted by Gasteiger charge is 2.11. The number of carbonyl (C=O) groups is 3. The van der Waals surface area contributed by atoms with E-state index in [1.165, 1.54) is 6.21 Å². The summed E-state index contributed by atoms with van der Waals surface area (Å²) in [6.45, 7) is 4.06. The number of ether oxygens (including phenoxy) is 1. The van der Waals surface area contributed by atoms with Gasteiger partial charge < -0.3 is 15.4 Å². The third kappa shape index (κ3) is 7.90. The molecule has 3 rings (SSSR count). The monoisotopic (exact) mass is 458 g/mol. The molecule has 8 nitrogen and oxygen atoms in total. The number of rotatable bonds is 8. The molecule has 0 atom stereocenters. The Balaban J connectivity index is 1.40. The summed E-state index contributed by atoms with van der Waals surface area (Å²) in [7, 11) is 0. The van der Waals surface area contributed by atoms with Crippen LogP contribution in [0.3, 0.4) is 0 Å². The number of anilines is 1. The lowest BCUT2D eigenvalue weighted by molar-refractivity contribution is -0.139. The van der Waals surface area contributed by atoms with Gasteiger partial charge in [0.1, 0.15) is 5.75 Å². The first-order valence-electron chi connectivity index (χ1n) is 10.7. The molecule has 0 fully saturated rings. The van der Waals surface area contributed by atoms with Crippen LogP contribution in [0.25, 0.3) is 0 Å². The van der Waals surface area contributed by atoms with Crippen molar-refractivity contribution in [2.75, 3.05) is 11.9 Å². The number of benzene rings is 3. The van der Waals surface area contributed by atoms with Crippen molar-refractivity contribution in [2.24, 2.45) is 5.10 Å². The lowest BCUT2D eigenvalue weighted by Gasteiger charge is -2.09. The zero-order valence-corrected chi connectivity index (χ0v) is 19.0. The van der Waals surface area contributed by atoms with Crippen LogP contribution in [-0.4, -0.2) is 30.5 Å². The quantitative estimate of drug-likeness (QED) is 0.274. The van der Waals surface area contributed by atoms with Gasteiger partial charge in [0.2, 0.25) is 0 Å². The maximum Gasteiger partial charge on any atom is 0.329 e. The lowest BCUT2D eigenvalue weighted by atomic mass is 10.1. The molecule has 3 aromatic carbocycles. The Morgan fingerprint density at radius 3 is 2.24 bits per heavy atom. The Morgan fingerprint density at radius 2 is 1.56 bits per heavy atom. The molecule has 0 spiro atoms. The molecule has 3 amide bonds. The largest absolute Gasteiger partial charge is 0.484 e. The van der Waals surface area contributed by atoms with Gasteiger partial charge in [0.15, 0.2) is 6.61 Å². The SMILES string of the molecule is Cc1cc(C)cc(NC(=O)COc2ccc(/C=N\NC(=O)C(=O)NCc3ccccc3)cc2)c1. The Morgan fingerprint density at radius 1 is 0.882 bits per heavy atom. The van der Waals surface area contributed by atoms with Crippen LogP contribution < -0.4 is 20.8 Å². The first kappa shape index (κ1) is 24.2. The van der Waals surface area contributed by atoms with E-state index in [4.69, 9.17) is 4.74 Å². The van der Waals surface area contributed by atoms with Gasteiger partial charge >= 0.3 is 11.8 Å². The van der Waals surface area contributed by atoms with Crippen LogP contribution in [0.5, 0.6) is 5.75 Å². The maximum atomic E-state index is 12.1. The number of hydrogen-bond donors (Lipinski definition) is 3. The molecule has 0 aliphatic carbocycles. The van der Waals surface area contributed by atoms with Gasteiger partial charge in [0, 0.05) is 12.2 Å². The number of aryl methyl sites for hydroxylation is 2. The molecule has 0 unspecified atom stereocenters. The smallest absolute Gasteiger partial charge is 0.329 e. The number of hydrazone groups is 1. The number of hydrogen-bond acceptors (Lipinski definition) is 5. The van der Waals surface area contributed by atoms with E-state index >= 15 is 0 Å². The first-order valence-corrected chi connectivity index (χ1v) is 10.7. The van der Waals surface area contributed by atoms with E-state index in [0.29, 0.717) is 11.3 Å². The van der Waals surface area contributed by atoms with Crippen molar-refractivity contribution in [2.45, 2.75) is 20.4 Å². The Labute approximate surface area is 198 Å².